The molecule has 8 heteroatoms. The molecular weight excluding hydrogens is 501 g/mol. The van der Waals surface area contributed by atoms with Gasteiger partial charge in [-0.15, -0.1) is 0 Å². The molecule has 4 rings (SSSR count). The number of rotatable bonds is 6. The summed E-state index contributed by atoms with van der Waals surface area (Å²) in [5.74, 6) is 0.306. The molecule has 0 radical (unpaired) electrons. The van der Waals surface area contributed by atoms with Crippen LogP contribution in [0.2, 0.25) is 10.0 Å². The zero-order chi connectivity index (χ0) is 21.8. The third kappa shape index (κ3) is 5.28. The van der Waals surface area contributed by atoms with Crippen LogP contribution in [0.15, 0.2) is 76.4 Å². The molecule has 4 aromatic rings. The lowest BCUT2D eigenvalue weighted by atomic mass is 10.2. The summed E-state index contributed by atoms with van der Waals surface area (Å²) in [6.45, 7) is 0.298. The van der Waals surface area contributed by atoms with E-state index >= 15 is 0 Å². The number of ether oxygens (including phenoxy) is 1. The van der Waals surface area contributed by atoms with Crippen LogP contribution in [-0.4, -0.2) is 17.1 Å². The highest BCUT2D eigenvalue weighted by Gasteiger charge is 2.07. The van der Waals surface area contributed by atoms with Crippen LogP contribution in [-0.2, 0) is 6.61 Å². The Bertz CT molecular complexity index is 1270. The zero-order valence-corrected chi connectivity index (χ0v) is 19.1. The standard InChI is InChI=1S/C23H16BrCl2N3O2/c24-17-4-8-22-20(9-17)16(11-27-22)12-28-29-23(30)14-2-6-19(7-3-14)31-13-15-1-5-18(25)10-21(15)26/h1-12,27H,13H2,(H,29,30)/b28-12-. The van der Waals surface area contributed by atoms with Crippen molar-refractivity contribution >= 4 is 62.2 Å². The Morgan fingerprint density at radius 3 is 2.68 bits per heavy atom. The summed E-state index contributed by atoms with van der Waals surface area (Å²) in [4.78, 5) is 15.5. The molecule has 0 saturated heterocycles. The lowest BCUT2D eigenvalue weighted by Gasteiger charge is -2.08. The fourth-order valence-corrected chi connectivity index (χ4v) is 3.77. The number of benzene rings is 3. The summed E-state index contributed by atoms with van der Waals surface area (Å²) in [6.07, 6.45) is 3.45. The number of nitrogens with one attached hydrogen (secondary N) is 2. The van der Waals surface area contributed by atoms with E-state index in [2.05, 4.69) is 31.4 Å². The number of amides is 1. The number of aromatic amines is 1. The zero-order valence-electron chi connectivity index (χ0n) is 16.0. The predicted molar refractivity (Wildman–Crippen MR) is 128 cm³/mol. The summed E-state index contributed by atoms with van der Waals surface area (Å²) in [6, 6.07) is 18.0. The molecule has 0 atom stereocenters. The molecule has 0 saturated carbocycles. The van der Waals surface area contributed by atoms with E-state index in [0.29, 0.717) is 28.0 Å². The van der Waals surface area contributed by atoms with Gasteiger partial charge in [0, 0.05) is 48.3 Å². The largest absolute Gasteiger partial charge is 0.489 e. The Balaban J connectivity index is 1.35. The molecule has 0 aliphatic heterocycles. The minimum Gasteiger partial charge on any atom is -0.489 e. The van der Waals surface area contributed by atoms with Crippen LogP contribution in [0.1, 0.15) is 21.5 Å². The number of carbonyl (C=O) groups excluding carboxylic acids is 1. The number of carbonyl (C=O) groups is 1. The maximum atomic E-state index is 12.3. The van der Waals surface area contributed by atoms with Crippen molar-refractivity contribution in [2.45, 2.75) is 6.61 Å². The highest BCUT2D eigenvalue weighted by Crippen LogP contribution is 2.23. The number of aromatic nitrogens is 1. The second-order valence-electron chi connectivity index (χ2n) is 6.68. The predicted octanol–water partition coefficient (Wildman–Crippen LogP) is 6.58. The second kappa shape index (κ2) is 9.56. The maximum absolute atomic E-state index is 12.3. The highest BCUT2D eigenvalue weighted by atomic mass is 79.9. The van der Waals surface area contributed by atoms with Crippen molar-refractivity contribution in [1.82, 2.24) is 10.4 Å². The van der Waals surface area contributed by atoms with Crippen molar-refractivity contribution in [2.75, 3.05) is 0 Å². The summed E-state index contributed by atoms with van der Waals surface area (Å²) in [7, 11) is 0. The highest BCUT2D eigenvalue weighted by molar-refractivity contribution is 9.10. The maximum Gasteiger partial charge on any atom is 0.271 e. The number of hydrogen-bond acceptors (Lipinski definition) is 3. The number of nitrogens with zero attached hydrogens (tertiary/aromatic N) is 1. The summed E-state index contributed by atoms with van der Waals surface area (Å²) in [5, 5.41) is 6.20. The van der Waals surface area contributed by atoms with Gasteiger partial charge in [0.05, 0.1) is 6.21 Å². The monoisotopic (exact) mass is 515 g/mol. The normalized spacial score (nSPS) is 11.2. The number of hydrazone groups is 1. The lowest BCUT2D eigenvalue weighted by Crippen LogP contribution is -2.17. The summed E-state index contributed by atoms with van der Waals surface area (Å²) >= 11 is 15.5. The first-order valence-electron chi connectivity index (χ1n) is 9.26. The number of fused-ring (bicyclic) bond motifs is 1. The van der Waals surface area contributed by atoms with Crippen LogP contribution >= 0.6 is 39.1 Å². The lowest BCUT2D eigenvalue weighted by molar-refractivity contribution is 0.0955. The van der Waals surface area contributed by atoms with E-state index in [0.717, 1.165) is 26.5 Å². The van der Waals surface area contributed by atoms with E-state index in [9.17, 15) is 4.79 Å². The van der Waals surface area contributed by atoms with Crippen molar-refractivity contribution < 1.29 is 9.53 Å². The quantitative estimate of drug-likeness (QED) is 0.224. The van der Waals surface area contributed by atoms with Gasteiger partial charge in [-0.05, 0) is 54.6 Å². The molecule has 0 bridgehead atoms. The summed E-state index contributed by atoms with van der Waals surface area (Å²) in [5.41, 5.74) is 5.70. The van der Waals surface area contributed by atoms with Gasteiger partial charge in [-0.2, -0.15) is 5.10 Å². The molecule has 1 heterocycles. The molecule has 0 aliphatic rings. The van der Waals surface area contributed by atoms with Gasteiger partial charge in [0.1, 0.15) is 12.4 Å². The molecule has 3 aromatic carbocycles. The molecule has 156 valence electrons. The third-order valence-electron chi connectivity index (χ3n) is 4.57. The van der Waals surface area contributed by atoms with Gasteiger partial charge in [0.15, 0.2) is 0 Å². The molecule has 0 fully saturated rings. The first-order valence-corrected chi connectivity index (χ1v) is 10.8. The minimum absolute atomic E-state index is 0.298. The van der Waals surface area contributed by atoms with Crippen molar-refractivity contribution in [3.05, 3.63) is 98.1 Å². The molecule has 0 spiro atoms. The van der Waals surface area contributed by atoms with Gasteiger partial charge in [-0.25, -0.2) is 5.43 Å². The number of H-pyrrole nitrogens is 1. The average Bonchev–Trinajstić information content (AvgIpc) is 3.15. The van der Waals surface area contributed by atoms with Crippen LogP contribution in [0.3, 0.4) is 0 Å². The first-order chi connectivity index (χ1) is 15.0. The van der Waals surface area contributed by atoms with E-state index in [-0.39, 0.29) is 5.91 Å². The average molecular weight is 517 g/mol. The Hall–Kier alpha value is -2.80. The van der Waals surface area contributed by atoms with E-state index in [1.54, 1.807) is 42.6 Å². The van der Waals surface area contributed by atoms with E-state index in [1.165, 1.54) is 0 Å². The fraction of sp³-hybridized carbons (Fsp3) is 0.0435. The van der Waals surface area contributed by atoms with Crippen molar-refractivity contribution in [1.29, 1.82) is 0 Å². The van der Waals surface area contributed by atoms with Crippen LogP contribution < -0.4 is 10.2 Å². The van der Waals surface area contributed by atoms with Crippen molar-refractivity contribution in [2.24, 2.45) is 5.10 Å². The van der Waals surface area contributed by atoms with Gasteiger partial charge >= 0.3 is 0 Å². The SMILES string of the molecule is O=C(N/N=C\c1c[nH]c2ccc(Br)cc12)c1ccc(OCc2ccc(Cl)cc2Cl)cc1. The van der Waals surface area contributed by atoms with Gasteiger partial charge < -0.3 is 9.72 Å². The van der Waals surface area contributed by atoms with Crippen LogP contribution in [0.5, 0.6) is 5.75 Å². The second-order valence-corrected chi connectivity index (χ2v) is 8.44. The number of hydrogen-bond donors (Lipinski definition) is 2. The first kappa shape index (κ1) is 21.4. The van der Waals surface area contributed by atoms with Crippen LogP contribution in [0.25, 0.3) is 10.9 Å². The molecule has 2 N–H and O–H groups in total. The Labute approximate surface area is 197 Å². The van der Waals surface area contributed by atoms with Gasteiger partial charge in [0.2, 0.25) is 0 Å². The Morgan fingerprint density at radius 1 is 1.10 bits per heavy atom. The molecule has 5 nitrogen and oxygen atoms in total. The third-order valence-corrected chi connectivity index (χ3v) is 5.65. The topological polar surface area (TPSA) is 66.5 Å². The molecule has 31 heavy (non-hydrogen) atoms. The van der Waals surface area contributed by atoms with Gasteiger partial charge in [-0.1, -0.05) is 45.2 Å². The smallest absolute Gasteiger partial charge is 0.271 e. The van der Waals surface area contributed by atoms with Crippen LogP contribution in [0.4, 0.5) is 0 Å². The molecular formula is C23H16BrCl2N3O2. The van der Waals surface area contributed by atoms with Gasteiger partial charge in [0.25, 0.3) is 5.91 Å². The summed E-state index contributed by atoms with van der Waals surface area (Å²) < 4.78 is 6.70. The number of halogens is 3. The van der Waals surface area contributed by atoms with Gasteiger partial charge in [-0.3, -0.25) is 4.79 Å². The van der Waals surface area contributed by atoms with E-state index in [4.69, 9.17) is 27.9 Å². The fourth-order valence-electron chi connectivity index (χ4n) is 2.95. The molecule has 1 amide bonds. The van der Waals surface area contributed by atoms with E-state index in [1.807, 2.05) is 30.5 Å². The Kier molecular flexibility index (Phi) is 6.61. The van der Waals surface area contributed by atoms with Crippen molar-refractivity contribution in [3.8, 4) is 5.75 Å². The molecule has 0 unspecified atom stereocenters. The van der Waals surface area contributed by atoms with Crippen LogP contribution in [0, 0.1) is 0 Å². The molecule has 0 aliphatic carbocycles. The van der Waals surface area contributed by atoms with E-state index < -0.39 is 0 Å². The minimum atomic E-state index is -0.315. The van der Waals surface area contributed by atoms with Crippen molar-refractivity contribution in [3.63, 3.8) is 0 Å². The molecule has 1 aromatic heterocycles. The Morgan fingerprint density at radius 2 is 1.90 bits per heavy atom.